The first-order valence-corrected chi connectivity index (χ1v) is 7.36. The third-order valence-electron chi connectivity index (χ3n) is 3.14. The molecule has 8 N–H and O–H groups in total. The molecule has 0 radical (unpaired) electrons. The molecule has 1 aliphatic rings. The number of nitrogens with zero attached hydrogens (tertiary/aromatic N) is 2. The van der Waals surface area contributed by atoms with Gasteiger partial charge in [-0.05, 0) is 0 Å². The standard InChI is InChI=1S/C9H15N4O7P/c10-1-4-12-5(9(11)13(4)21(17,18)19)8-7(16)6(15)3(2-14)20-8/h1,3,6-8,10,14-16H,2,11H2,(H2,17,18,19)/t3-,6-,7-,8?/m1/s1. The highest BCUT2D eigenvalue weighted by Crippen LogP contribution is 2.44. The molecule has 21 heavy (non-hydrogen) atoms. The van der Waals surface area contributed by atoms with E-state index in [1.807, 2.05) is 0 Å². The summed E-state index contributed by atoms with van der Waals surface area (Å²) in [4.78, 5) is 22.2. The number of hydrogen-bond donors (Lipinski definition) is 7. The van der Waals surface area contributed by atoms with Gasteiger partial charge in [-0.3, -0.25) is 0 Å². The van der Waals surface area contributed by atoms with E-state index in [1.54, 1.807) is 0 Å². The Bertz CT molecular complexity index is 599. The topological polar surface area (TPSA) is 195 Å². The van der Waals surface area contributed by atoms with Gasteiger partial charge < -0.3 is 41.0 Å². The van der Waals surface area contributed by atoms with Gasteiger partial charge >= 0.3 is 7.75 Å². The summed E-state index contributed by atoms with van der Waals surface area (Å²) in [6.07, 6.45) is -4.65. The Morgan fingerprint density at radius 1 is 1.43 bits per heavy atom. The van der Waals surface area contributed by atoms with Crippen LogP contribution >= 0.6 is 7.75 Å². The van der Waals surface area contributed by atoms with E-state index in [0.717, 1.165) is 0 Å². The number of aliphatic hydroxyl groups is 3. The first-order chi connectivity index (χ1) is 9.72. The fraction of sp³-hybridized carbons (Fsp3) is 0.556. The lowest BCUT2D eigenvalue weighted by Gasteiger charge is -2.14. The number of ether oxygens (including phenoxy) is 1. The van der Waals surface area contributed by atoms with E-state index in [0.29, 0.717) is 10.6 Å². The second kappa shape index (κ2) is 5.46. The average Bonchev–Trinajstić information content (AvgIpc) is 2.88. The monoisotopic (exact) mass is 322 g/mol. The average molecular weight is 322 g/mol. The van der Waals surface area contributed by atoms with Gasteiger partial charge in [0, 0.05) is 0 Å². The number of nitrogen functional groups attached to an aromatic ring is 1. The zero-order chi connectivity index (χ0) is 15.9. The molecule has 1 saturated heterocycles. The van der Waals surface area contributed by atoms with Crippen LogP contribution in [0.15, 0.2) is 0 Å². The van der Waals surface area contributed by atoms with Crippen LogP contribution in [0.25, 0.3) is 0 Å². The Hall–Kier alpha value is -1.33. The van der Waals surface area contributed by atoms with Gasteiger partial charge in [0.2, 0.25) is 0 Å². The van der Waals surface area contributed by atoms with Gasteiger partial charge in [-0.2, -0.15) is 0 Å². The summed E-state index contributed by atoms with van der Waals surface area (Å²) in [6.45, 7) is -0.564. The van der Waals surface area contributed by atoms with Crippen LogP contribution in [0.2, 0.25) is 0 Å². The van der Waals surface area contributed by atoms with Gasteiger partial charge in [-0.1, -0.05) is 0 Å². The largest absolute Gasteiger partial charge is 0.437 e. The van der Waals surface area contributed by atoms with Crippen molar-refractivity contribution in [2.45, 2.75) is 24.4 Å². The Morgan fingerprint density at radius 3 is 2.43 bits per heavy atom. The Kier molecular flexibility index (Phi) is 4.17. The quantitative estimate of drug-likeness (QED) is 0.232. The van der Waals surface area contributed by atoms with E-state index >= 15 is 0 Å². The third kappa shape index (κ3) is 2.60. The van der Waals surface area contributed by atoms with E-state index in [9.17, 15) is 24.6 Å². The molecule has 0 aliphatic carbocycles. The van der Waals surface area contributed by atoms with Crippen LogP contribution in [0.3, 0.4) is 0 Å². The smallest absolute Gasteiger partial charge is 0.394 e. The summed E-state index contributed by atoms with van der Waals surface area (Å²) in [5, 5.41) is 35.7. The first kappa shape index (κ1) is 16.0. The Morgan fingerprint density at radius 2 is 2.05 bits per heavy atom. The molecule has 1 unspecified atom stereocenters. The van der Waals surface area contributed by atoms with Crippen molar-refractivity contribution in [1.29, 1.82) is 5.41 Å². The molecule has 0 spiro atoms. The van der Waals surface area contributed by atoms with Gasteiger partial charge in [0.15, 0.2) is 5.82 Å². The number of anilines is 1. The van der Waals surface area contributed by atoms with E-state index in [1.165, 1.54) is 0 Å². The van der Waals surface area contributed by atoms with E-state index in [-0.39, 0.29) is 5.69 Å². The van der Waals surface area contributed by atoms with Crippen molar-refractivity contribution in [1.82, 2.24) is 9.32 Å². The maximum Gasteiger partial charge on any atom is 0.437 e. The van der Waals surface area contributed by atoms with E-state index in [2.05, 4.69) is 4.98 Å². The number of aliphatic hydroxyl groups excluding tert-OH is 3. The first-order valence-electron chi connectivity index (χ1n) is 5.79. The molecule has 2 heterocycles. The van der Waals surface area contributed by atoms with Crippen molar-refractivity contribution in [3.8, 4) is 0 Å². The van der Waals surface area contributed by atoms with Crippen molar-refractivity contribution in [3.05, 3.63) is 11.5 Å². The van der Waals surface area contributed by atoms with Gasteiger partial charge in [-0.25, -0.2) is 13.9 Å². The highest BCUT2D eigenvalue weighted by atomic mass is 31.2. The van der Waals surface area contributed by atoms with Gasteiger partial charge in [0.25, 0.3) is 0 Å². The number of nitrogens with one attached hydrogen (secondary N) is 1. The van der Waals surface area contributed by atoms with Crippen molar-refractivity contribution in [2.75, 3.05) is 12.3 Å². The van der Waals surface area contributed by atoms with Crippen molar-refractivity contribution < 1.29 is 34.4 Å². The predicted molar refractivity (Wildman–Crippen MR) is 68.7 cm³/mol. The number of nitrogens with two attached hydrogens (primary N) is 1. The molecule has 2 rings (SSSR count). The lowest BCUT2D eigenvalue weighted by Crippen LogP contribution is -2.32. The Balaban J connectivity index is 2.49. The minimum atomic E-state index is -4.86. The molecule has 1 fully saturated rings. The molecular formula is C9H15N4O7P. The van der Waals surface area contributed by atoms with Crippen LogP contribution < -0.4 is 5.73 Å². The van der Waals surface area contributed by atoms with Crippen molar-refractivity contribution in [2.24, 2.45) is 0 Å². The summed E-state index contributed by atoms with van der Waals surface area (Å²) in [6, 6.07) is 0. The number of aromatic nitrogens is 2. The van der Waals surface area contributed by atoms with E-state index in [4.69, 9.17) is 21.0 Å². The Labute approximate surface area is 118 Å². The molecule has 0 saturated carbocycles. The summed E-state index contributed by atoms with van der Waals surface area (Å²) >= 11 is 0. The molecule has 118 valence electrons. The molecule has 12 heteroatoms. The molecule has 1 aromatic heterocycles. The van der Waals surface area contributed by atoms with Crippen LogP contribution in [-0.4, -0.2) is 65.6 Å². The lowest BCUT2D eigenvalue weighted by molar-refractivity contribution is -0.0236. The van der Waals surface area contributed by atoms with Crippen LogP contribution in [0.4, 0.5) is 5.82 Å². The summed E-state index contributed by atoms with van der Waals surface area (Å²) in [7, 11) is -4.86. The SMILES string of the molecule is N=Cc1nc(C2O[C@H](CO)[C@@H](O)[C@H]2O)c(N)n1P(=O)(O)O. The molecule has 11 nitrogen and oxygen atoms in total. The summed E-state index contributed by atoms with van der Waals surface area (Å²) in [5.74, 6) is -0.912. The molecule has 0 amide bonds. The predicted octanol–water partition coefficient (Wildman–Crippen LogP) is -2.44. The molecule has 1 aliphatic heterocycles. The summed E-state index contributed by atoms with van der Waals surface area (Å²) in [5.41, 5.74) is 5.39. The van der Waals surface area contributed by atoms with Crippen LogP contribution in [0.1, 0.15) is 17.6 Å². The molecule has 4 atom stereocenters. The number of rotatable bonds is 4. The molecule has 1 aromatic rings. The molecule has 0 aromatic carbocycles. The minimum absolute atomic E-state index is 0.223. The highest BCUT2D eigenvalue weighted by molar-refractivity contribution is 7.50. The fourth-order valence-corrected chi connectivity index (χ4v) is 2.91. The second-order valence-electron chi connectivity index (χ2n) is 4.47. The summed E-state index contributed by atoms with van der Waals surface area (Å²) < 4.78 is 16.9. The minimum Gasteiger partial charge on any atom is -0.394 e. The zero-order valence-electron chi connectivity index (χ0n) is 10.6. The van der Waals surface area contributed by atoms with Gasteiger partial charge in [0.1, 0.15) is 35.9 Å². The van der Waals surface area contributed by atoms with Crippen LogP contribution in [-0.2, 0) is 9.30 Å². The zero-order valence-corrected chi connectivity index (χ0v) is 11.5. The second-order valence-corrected chi connectivity index (χ2v) is 5.90. The van der Waals surface area contributed by atoms with Crippen LogP contribution in [0, 0.1) is 5.41 Å². The van der Waals surface area contributed by atoms with Crippen molar-refractivity contribution in [3.63, 3.8) is 0 Å². The van der Waals surface area contributed by atoms with Crippen molar-refractivity contribution >= 4 is 19.8 Å². The van der Waals surface area contributed by atoms with E-state index < -0.39 is 50.4 Å². The van der Waals surface area contributed by atoms with Gasteiger partial charge in [-0.15, -0.1) is 0 Å². The fourth-order valence-electron chi connectivity index (χ4n) is 2.16. The highest BCUT2D eigenvalue weighted by Gasteiger charge is 2.46. The third-order valence-corrected chi connectivity index (χ3v) is 4.09. The molecule has 0 bridgehead atoms. The number of imidazole rings is 1. The maximum atomic E-state index is 11.4. The van der Waals surface area contributed by atoms with Crippen LogP contribution in [0.5, 0.6) is 0 Å². The maximum absolute atomic E-state index is 11.4. The lowest BCUT2D eigenvalue weighted by atomic mass is 10.1. The normalized spacial score (nSPS) is 29.8. The number of hydrogen-bond acceptors (Lipinski definition) is 8. The molecular weight excluding hydrogens is 307 g/mol. The van der Waals surface area contributed by atoms with Gasteiger partial charge in [0.05, 0.1) is 12.8 Å².